The maximum atomic E-state index is 5.83. The number of nitrogens with one attached hydrogen (secondary N) is 1. The van der Waals surface area contributed by atoms with Crippen molar-refractivity contribution in [2.75, 3.05) is 12.4 Å². The fraction of sp³-hybridized carbons (Fsp3) is 0.0455. The summed E-state index contributed by atoms with van der Waals surface area (Å²) in [5.74, 6) is 2.55. The molecule has 0 aliphatic carbocycles. The monoisotopic (exact) mass is 356 g/mol. The number of rotatable bonds is 3. The van der Waals surface area contributed by atoms with Crippen molar-refractivity contribution in [3.63, 3.8) is 0 Å². The smallest absolute Gasteiger partial charge is 0.225 e. The molecule has 0 fully saturated rings. The number of oxazole rings is 1. The molecule has 0 spiro atoms. The van der Waals surface area contributed by atoms with Crippen molar-refractivity contribution >= 4 is 22.9 Å². The number of aromatic nitrogens is 1. The number of fused-ring (bicyclic) bond motifs is 2. The Hall–Kier alpha value is -3.73. The summed E-state index contributed by atoms with van der Waals surface area (Å²) in [7, 11) is 1.64. The topological polar surface area (TPSA) is 56.5 Å². The normalized spacial score (nSPS) is 14.0. The van der Waals surface area contributed by atoms with Crippen LogP contribution in [0.4, 0.5) is 5.69 Å². The van der Waals surface area contributed by atoms with Crippen LogP contribution in [0.3, 0.4) is 0 Å². The third-order valence-electron chi connectivity index (χ3n) is 4.43. The summed E-state index contributed by atoms with van der Waals surface area (Å²) < 4.78 is 16.9. The van der Waals surface area contributed by atoms with Gasteiger partial charge in [0.2, 0.25) is 11.8 Å². The Labute approximate surface area is 155 Å². The number of hydrogen-bond acceptors (Lipinski definition) is 5. The van der Waals surface area contributed by atoms with Crippen molar-refractivity contribution in [1.29, 1.82) is 0 Å². The highest BCUT2D eigenvalue weighted by molar-refractivity contribution is 5.81. The Morgan fingerprint density at radius 2 is 1.85 bits per heavy atom. The molecule has 0 saturated heterocycles. The second-order valence-electron chi connectivity index (χ2n) is 6.20. The zero-order valence-corrected chi connectivity index (χ0v) is 14.6. The Morgan fingerprint density at radius 1 is 0.963 bits per heavy atom. The van der Waals surface area contributed by atoms with Gasteiger partial charge >= 0.3 is 0 Å². The maximum Gasteiger partial charge on any atom is 0.225 e. The average molecular weight is 356 g/mol. The van der Waals surface area contributed by atoms with Gasteiger partial charge in [-0.25, -0.2) is 4.98 Å². The standard InChI is InChI=1S/C22H16N2O3/c1-25-16-8-10-20-18(12-16)24-22(27-20)13-21-23-17-11-15(7-9-19(17)26-21)14-5-3-2-4-6-14/h2-13,24H,1H3/b22-13-. The molecular weight excluding hydrogens is 340 g/mol. The minimum atomic E-state index is 0.484. The quantitative estimate of drug-likeness (QED) is 0.539. The van der Waals surface area contributed by atoms with E-state index < -0.39 is 0 Å². The third-order valence-corrected chi connectivity index (χ3v) is 4.43. The summed E-state index contributed by atoms with van der Waals surface area (Å²) in [6, 6.07) is 21.8. The minimum absolute atomic E-state index is 0.484. The summed E-state index contributed by atoms with van der Waals surface area (Å²) >= 11 is 0. The molecule has 4 aromatic rings. The molecule has 0 atom stereocenters. The molecule has 1 aromatic heterocycles. The van der Waals surface area contributed by atoms with Gasteiger partial charge in [0.05, 0.1) is 18.9 Å². The minimum Gasteiger partial charge on any atom is -0.497 e. The van der Waals surface area contributed by atoms with E-state index in [9.17, 15) is 0 Å². The van der Waals surface area contributed by atoms with Gasteiger partial charge in [0.1, 0.15) is 11.3 Å². The van der Waals surface area contributed by atoms with Gasteiger partial charge in [-0.15, -0.1) is 0 Å². The zero-order valence-electron chi connectivity index (χ0n) is 14.6. The van der Waals surface area contributed by atoms with Gasteiger partial charge in [-0.05, 0) is 35.4 Å². The number of ether oxygens (including phenoxy) is 2. The number of benzene rings is 3. The van der Waals surface area contributed by atoms with Crippen LogP contribution in [0.1, 0.15) is 5.89 Å². The van der Waals surface area contributed by atoms with Crippen molar-refractivity contribution in [2.24, 2.45) is 0 Å². The van der Waals surface area contributed by atoms with E-state index in [2.05, 4.69) is 22.4 Å². The van der Waals surface area contributed by atoms with E-state index in [1.807, 2.05) is 54.6 Å². The van der Waals surface area contributed by atoms with Crippen molar-refractivity contribution in [3.8, 4) is 22.6 Å². The molecule has 0 radical (unpaired) electrons. The van der Waals surface area contributed by atoms with Crippen LogP contribution >= 0.6 is 0 Å². The van der Waals surface area contributed by atoms with Crippen molar-refractivity contribution in [2.45, 2.75) is 0 Å². The highest BCUT2D eigenvalue weighted by Gasteiger charge is 2.18. The number of methoxy groups -OCH3 is 1. The van der Waals surface area contributed by atoms with Gasteiger partial charge in [0.15, 0.2) is 11.3 Å². The number of hydrogen-bond donors (Lipinski definition) is 1. The lowest BCUT2D eigenvalue weighted by Crippen LogP contribution is -1.96. The fourth-order valence-corrected chi connectivity index (χ4v) is 3.09. The van der Waals surface area contributed by atoms with Crippen LogP contribution in [0, 0.1) is 0 Å². The van der Waals surface area contributed by atoms with E-state index in [1.54, 1.807) is 13.2 Å². The molecular formula is C22H16N2O3. The lowest BCUT2D eigenvalue weighted by Gasteiger charge is -2.00. The first-order valence-electron chi connectivity index (χ1n) is 8.59. The average Bonchev–Trinajstić information content (AvgIpc) is 3.30. The molecule has 1 aliphatic heterocycles. The van der Waals surface area contributed by atoms with E-state index in [4.69, 9.17) is 13.9 Å². The lowest BCUT2D eigenvalue weighted by atomic mass is 10.1. The van der Waals surface area contributed by atoms with Crippen LogP contribution in [-0.4, -0.2) is 12.1 Å². The maximum absolute atomic E-state index is 5.83. The summed E-state index contributed by atoms with van der Waals surface area (Å²) in [5.41, 5.74) is 4.64. The SMILES string of the molecule is COc1ccc2c(c1)N/C(=C/c1nc3cc(-c4ccccc4)ccc3o1)O2. The van der Waals surface area contributed by atoms with Gasteiger partial charge in [-0.2, -0.15) is 0 Å². The summed E-state index contributed by atoms with van der Waals surface area (Å²) in [6.45, 7) is 0. The fourth-order valence-electron chi connectivity index (χ4n) is 3.09. The van der Waals surface area contributed by atoms with E-state index in [1.165, 1.54) is 0 Å². The van der Waals surface area contributed by atoms with Gasteiger partial charge in [-0.1, -0.05) is 36.4 Å². The van der Waals surface area contributed by atoms with Gasteiger partial charge < -0.3 is 19.2 Å². The molecule has 2 heterocycles. The van der Waals surface area contributed by atoms with Crippen LogP contribution in [0.25, 0.3) is 28.3 Å². The Kier molecular flexibility index (Phi) is 3.57. The molecule has 0 saturated carbocycles. The predicted molar refractivity (Wildman–Crippen MR) is 105 cm³/mol. The molecule has 0 amide bonds. The molecule has 5 rings (SSSR count). The van der Waals surface area contributed by atoms with Crippen molar-refractivity contribution in [3.05, 3.63) is 78.5 Å². The molecule has 1 aliphatic rings. The number of anilines is 1. The summed E-state index contributed by atoms with van der Waals surface area (Å²) in [4.78, 5) is 4.57. The van der Waals surface area contributed by atoms with E-state index >= 15 is 0 Å². The highest BCUT2D eigenvalue weighted by atomic mass is 16.5. The molecule has 132 valence electrons. The summed E-state index contributed by atoms with van der Waals surface area (Å²) in [5, 5.41) is 3.20. The van der Waals surface area contributed by atoms with Crippen molar-refractivity contribution in [1.82, 2.24) is 4.98 Å². The first-order valence-corrected chi connectivity index (χ1v) is 8.59. The highest BCUT2D eigenvalue weighted by Crippen LogP contribution is 2.37. The van der Waals surface area contributed by atoms with Gasteiger partial charge in [-0.3, -0.25) is 0 Å². The van der Waals surface area contributed by atoms with Crippen molar-refractivity contribution < 1.29 is 13.9 Å². The van der Waals surface area contributed by atoms with Gasteiger partial charge in [0.25, 0.3) is 0 Å². The molecule has 5 heteroatoms. The van der Waals surface area contributed by atoms with Crippen LogP contribution in [0.2, 0.25) is 0 Å². The first kappa shape index (κ1) is 15.5. The molecule has 27 heavy (non-hydrogen) atoms. The zero-order chi connectivity index (χ0) is 18.2. The second kappa shape index (κ2) is 6.21. The lowest BCUT2D eigenvalue weighted by molar-refractivity contribution is 0.413. The van der Waals surface area contributed by atoms with E-state index in [-0.39, 0.29) is 0 Å². The molecule has 0 unspecified atom stereocenters. The van der Waals surface area contributed by atoms with E-state index in [0.717, 1.165) is 39.4 Å². The van der Waals surface area contributed by atoms with E-state index in [0.29, 0.717) is 11.8 Å². The van der Waals surface area contributed by atoms with Crippen LogP contribution in [-0.2, 0) is 0 Å². The Morgan fingerprint density at radius 3 is 2.70 bits per heavy atom. The third kappa shape index (κ3) is 2.89. The Balaban J connectivity index is 1.45. The van der Waals surface area contributed by atoms with Crippen LogP contribution < -0.4 is 14.8 Å². The molecule has 1 N–H and O–H groups in total. The number of nitrogens with zero attached hydrogens (tertiary/aromatic N) is 1. The second-order valence-corrected chi connectivity index (χ2v) is 6.20. The predicted octanol–water partition coefficient (Wildman–Crippen LogP) is 5.31. The Bertz CT molecular complexity index is 1160. The summed E-state index contributed by atoms with van der Waals surface area (Å²) in [6.07, 6.45) is 1.74. The van der Waals surface area contributed by atoms with Crippen LogP contribution in [0.5, 0.6) is 11.5 Å². The molecule has 3 aromatic carbocycles. The molecule has 0 bridgehead atoms. The largest absolute Gasteiger partial charge is 0.497 e. The van der Waals surface area contributed by atoms with Crippen LogP contribution in [0.15, 0.2) is 77.0 Å². The first-order chi connectivity index (χ1) is 13.3. The molecule has 5 nitrogen and oxygen atoms in total. The van der Waals surface area contributed by atoms with Gasteiger partial charge in [0, 0.05) is 6.07 Å².